The lowest BCUT2D eigenvalue weighted by Gasteiger charge is -2.13. The number of furan rings is 1. The molecule has 3 heterocycles. The van der Waals surface area contributed by atoms with Crippen LogP contribution < -0.4 is 5.84 Å². The van der Waals surface area contributed by atoms with Gasteiger partial charge < -0.3 is 15.0 Å². The first kappa shape index (κ1) is 19.0. The number of thioether (sulfide) groups is 1. The SMILES string of the molecule is CCOC(=O)c1c(CSc2nnc(-c3ccco3)n2N)nc2ccccc2c1C. The Balaban J connectivity index is 1.69. The number of fused-ring (bicyclic) bond motifs is 1. The van der Waals surface area contributed by atoms with Gasteiger partial charge in [0.1, 0.15) is 0 Å². The third-order valence-electron chi connectivity index (χ3n) is 4.45. The molecule has 9 heteroatoms. The molecular weight excluding hydrogens is 390 g/mol. The van der Waals surface area contributed by atoms with Crippen molar-refractivity contribution in [3.8, 4) is 11.6 Å². The van der Waals surface area contributed by atoms with Gasteiger partial charge in [-0.2, -0.15) is 0 Å². The van der Waals surface area contributed by atoms with E-state index in [2.05, 4.69) is 10.2 Å². The van der Waals surface area contributed by atoms with Crippen molar-refractivity contribution in [1.82, 2.24) is 19.9 Å². The fourth-order valence-electron chi connectivity index (χ4n) is 3.10. The Morgan fingerprint density at radius 1 is 1.24 bits per heavy atom. The number of benzene rings is 1. The summed E-state index contributed by atoms with van der Waals surface area (Å²) in [6.45, 7) is 3.98. The number of ether oxygens (including phenoxy) is 1. The Morgan fingerprint density at radius 3 is 2.83 bits per heavy atom. The minimum absolute atomic E-state index is 0.293. The minimum atomic E-state index is -0.385. The number of aromatic nitrogens is 4. The van der Waals surface area contributed by atoms with Gasteiger partial charge in [-0.15, -0.1) is 10.2 Å². The summed E-state index contributed by atoms with van der Waals surface area (Å²) in [5.41, 5.74) is 2.76. The van der Waals surface area contributed by atoms with E-state index in [4.69, 9.17) is 20.0 Å². The Kier molecular flexibility index (Phi) is 5.22. The summed E-state index contributed by atoms with van der Waals surface area (Å²) < 4.78 is 12.0. The number of carbonyl (C=O) groups is 1. The highest BCUT2D eigenvalue weighted by Gasteiger charge is 2.21. The highest BCUT2D eigenvalue weighted by Crippen LogP contribution is 2.29. The molecule has 0 saturated carbocycles. The van der Waals surface area contributed by atoms with Gasteiger partial charge in [-0.25, -0.2) is 9.47 Å². The van der Waals surface area contributed by atoms with Crippen LogP contribution in [0, 0.1) is 6.92 Å². The van der Waals surface area contributed by atoms with E-state index in [1.165, 1.54) is 16.4 Å². The molecule has 0 bridgehead atoms. The lowest BCUT2D eigenvalue weighted by Crippen LogP contribution is -2.13. The number of aryl methyl sites for hydroxylation is 1. The Morgan fingerprint density at radius 2 is 2.07 bits per heavy atom. The second-order valence-electron chi connectivity index (χ2n) is 6.24. The molecule has 0 aliphatic heterocycles. The molecule has 0 saturated heterocycles. The van der Waals surface area contributed by atoms with Crippen molar-refractivity contribution in [3.63, 3.8) is 0 Å². The molecule has 0 aliphatic rings. The lowest BCUT2D eigenvalue weighted by molar-refractivity contribution is 0.0524. The molecule has 0 radical (unpaired) electrons. The van der Waals surface area contributed by atoms with Crippen LogP contribution in [0.1, 0.15) is 28.5 Å². The van der Waals surface area contributed by atoms with Crippen molar-refractivity contribution in [2.45, 2.75) is 24.8 Å². The summed E-state index contributed by atoms with van der Waals surface area (Å²) in [5, 5.41) is 9.62. The molecule has 0 atom stereocenters. The predicted molar refractivity (Wildman–Crippen MR) is 110 cm³/mol. The maximum absolute atomic E-state index is 12.6. The summed E-state index contributed by atoms with van der Waals surface area (Å²) in [6, 6.07) is 11.2. The van der Waals surface area contributed by atoms with Gasteiger partial charge in [-0.3, -0.25) is 4.98 Å². The van der Waals surface area contributed by atoms with Crippen LogP contribution in [0.2, 0.25) is 0 Å². The van der Waals surface area contributed by atoms with E-state index < -0.39 is 0 Å². The van der Waals surface area contributed by atoms with E-state index in [-0.39, 0.29) is 5.97 Å². The van der Waals surface area contributed by atoms with E-state index >= 15 is 0 Å². The normalized spacial score (nSPS) is 11.1. The zero-order valence-corrected chi connectivity index (χ0v) is 16.8. The summed E-state index contributed by atoms with van der Waals surface area (Å²) in [6.07, 6.45) is 1.55. The summed E-state index contributed by atoms with van der Waals surface area (Å²) in [5.74, 6) is 7.07. The van der Waals surface area contributed by atoms with Crippen molar-refractivity contribution in [2.75, 3.05) is 12.4 Å². The maximum Gasteiger partial charge on any atom is 0.340 e. The van der Waals surface area contributed by atoms with Gasteiger partial charge in [-0.05, 0) is 37.6 Å². The molecule has 1 aromatic carbocycles. The molecular formula is C20H19N5O3S. The second kappa shape index (κ2) is 7.96. The first-order valence-corrected chi connectivity index (χ1v) is 10.0. The zero-order chi connectivity index (χ0) is 20.4. The zero-order valence-electron chi connectivity index (χ0n) is 16.0. The fraction of sp³-hybridized carbons (Fsp3) is 0.200. The molecule has 0 spiro atoms. The van der Waals surface area contributed by atoms with Crippen LogP contribution in [0.3, 0.4) is 0 Å². The Labute approximate surface area is 171 Å². The number of hydrogen-bond acceptors (Lipinski definition) is 8. The number of nitrogens with zero attached hydrogens (tertiary/aromatic N) is 4. The van der Waals surface area contributed by atoms with E-state index in [1.807, 2.05) is 31.2 Å². The van der Waals surface area contributed by atoms with Crippen molar-refractivity contribution in [2.24, 2.45) is 0 Å². The van der Waals surface area contributed by atoms with Crippen LogP contribution in [0.25, 0.3) is 22.5 Å². The molecule has 0 aliphatic carbocycles. The topological polar surface area (TPSA) is 109 Å². The number of carbonyl (C=O) groups excluding carboxylic acids is 1. The number of nitrogen functional groups attached to an aromatic ring is 1. The largest absolute Gasteiger partial charge is 0.462 e. The molecule has 0 fully saturated rings. The van der Waals surface area contributed by atoms with Crippen LogP contribution in [0.15, 0.2) is 52.2 Å². The molecule has 0 unspecified atom stereocenters. The van der Waals surface area contributed by atoms with Crippen LogP contribution in [-0.4, -0.2) is 32.4 Å². The van der Waals surface area contributed by atoms with Crippen LogP contribution in [0.5, 0.6) is 0 Å². The average Bonchev–Trinajstić information content (AvgIpc) is 3.36. The number of rotatable bonds is 6. The van der Waals surface area contributed by atoms with Gasteiger partial charge in [0.05, 0.1) is 29.6 Å². The van der Waals surface area contributed by atoms with Gasteiger partial charge in [0.2, 0.25) is 11.0 Å². The van der Waals surface area contributed by atoms with Crippen LogP contribution >= 0.6 is 11.8 Å². The van der Waals surface area contributed by atoms with Gasteiger partial charge in [-0.1, -0.05) is 30.0 Å². The van der Waals surface area contributed by atoms with E-state index in [0.29, 0.717) is 40.4 Å². The van der Waals surface area contributed by atoms with Crippen molar-refractivity contribution in [3.05, 3.63) is 59.5 Å². The minimum Gasteiger partial charge on any atom is -0.462 e. The predicted octanol–water partition coefficient (Wildman–Crippen LogP) is 3.58. The van der Waals surface area contributed by atoms with Gasteiger partial charge >= 0.3 is 5.97 Å². The van der Waals surface area contributed by atoms with E-state index in [9.17, 15) is 4.79 Å². The quantitative estimate of drug-likeness (QED) is 0.292. The Bertz CT molecular complexity index is 1170. The number of esters is 1. The molecule has 3 aromatic heterocycles. The smallest absolute Gasteiger partial charge is 0.340 e. The molecule has 148 valence electrons. The van der Waals surface area contributed by atoms with E-state index in [0.717, 1.165) is 16.5 Å². The monoisotopic (exact) mass is 409 g/mol. The van der Waals surface area contributed by atoms with Crippen LogP contribution in [-0.2, 0) is 10.5 Å². The molecule has 8 nitrogen and oxygen atoms in total. The van der Waals surface area contributed by atoms with Gasteiger partial charge in [0, 0.05) is 11.1 Å². The van der Waals surface area contributed by atoms with Crippen molar-refractivity contribution in [1.29, 1.82) is 0 Å². The summed E-state index contributed by atoms with van der Waals surface area (Å²) in [7, 11) is 0. The first-order valence-electron chi connectivity index (χ1n) is 9.02. The van der Waals surface area contributed by atoms with Gasteiger partial charge in [0.25, 0.3) is 0 Å². The fourth-order valence-corrected chi connectivity index (χ4v) is 3.90. The third-order valence-corrected chi connectivity index (χ3v) is 5.41. The highest BCUT2D eigenvalue weighted by atomic mass is 32.2. The third kappa shape index (κ3) is 3.56. The average molecular weight is 409 g/mol. The molecule has 2 N–H and O–H groups in total. The highest BCUT2D eigenvalue weighted by molar-refractivity contribution is 7.98. The van der Waals surface area contributed by atoms with Crippen LogP contribution in [0.4, 0.5) is 0 Å². The molecule has 29 heavy (non-hydrogen) atoms. The summed E-state index contributed by atoms with van der Waals surface area (Å²) in [4.78, 5) is 17.3. The van der Waals surface area contributed by atoms with E-state index in [1.54, 1.807) is 25.3 Å². The second-order valence-corrected chi connectivity index (χ2v) is 7.18. The lowest BCUT2D eigenvalue weighted by atomic mass is 10.0. The molecule has 4 rings (SSSR count). The summed E-state index contributed by atoms with van der Waals surface area (Å²) >= 11 is 1.34. The number of hydrogen-bond donors (Lipinski definition) is 1. The first-order chi connectivity index (χ1) is 14.1. The standard InChI is InChI=1S/C20H19N5O3S/c1-3-27-19(26)17-12(2)13-7-4-5-8-14(13)22-15(17)11-29-20-24-23-18(25(20)21)16-9-6-10-28-16/h4-10H,3,11,21H2,1-2H3. The Hall–Kier alpha value is -3.33. The van der Waals surface area contributed by atoms with Crippen molar-refractivity contribution < 1.29 is 13.9 Å². The molecule has 4 aromatic rings. The maximum atomic E-state index is 12.6. The number of para-hydroxylation sites is 1. The number of nitrogens with two attached hydrogens (primary N) is 1. The molecule has 0 amide bonds. The number of pyridine rings is 1. The van der Waals surface area contributed by atoms with Crippen molar-refractivity contribution >= 4 is 28.6 Å². The van der Waals surface area contributed by atoms with Gasteiger partial charge in [0.15, 0.2) is 5.76 Å².